The van der Waals surface area contributed by atoms with E-state index in [4.69, 9.17) is 9.72 Å². The number of benzene rings is 1. The van der Waals surface area contributed by atoms with Crippen LogP contribution in [0.25, 0.3) is 22.6 Å². The minimum absolute atomic E-state index is 0.411. The summed E-state index contributed by atoms with van der Waals surface area (Å²) in [6, 6.07) is 10.0. The molecule has 0 saturated carbocycles. The van der Waals surface area contributed by atoms with Crippen molar-refractivity contribution in [3.8, 4) is 11.4 Å². The summed E-state index contributed by atoms with van der Waals surface area (Å²) in [6.07, 6.45) is 1.68. The molecule has 0 radical (unpaired) electrons. The Bertz CT molecular complexity index is 1260. The number of aliphatic hydroxyl groups excluding tert-OH is 3. The van der Waals surface area contributed by atoms with Gasteiger partial charge in [-0.2, -0.15) is 5.10 Å². The standard InChI is InChI=1S/C23H27N7O4/c1-2-8-24-21-17-22(30(13-25-17)23-19(33)18(32)16(12-31)34-23)28-20(27-21)15-9-26-29(11-15)10-14-6-4-3-5-7-14/h3-7,9,11,13,16,18-19,23,31-33H,2,8,10,12H2,1H3,(H,24,27,28)/t16-,18-,19-,23?/m1/s1. The van der Waals surface area contributed by atoms with Gasteiger partial charge in [0.1, 0.15) is 18.3 Å². The van der Waals surface area contributed by atoms with Crippen LogP contribution in [0.5, 0.6) is 0 Å². The summed E-state index contributed by atoms with van der Waals surface area (Å²) in [6.45, 7) is 2.95. The number of aliphatic hydroxyl groups is 3. The predicted molar refractivity (Wildman–Crippen MR) is 124 cm³/mol. The molecule has 178 valence electrons. The number of hydrogen-bond acceptors (Lipinski definition) is 9. The molecule has 0 bridgehead atoms. The third kappa shape index (κ3) is 4.14. The van der Waals surface area contributed by atoms with Gasteiger partial charge in [-0.1, -0.05) is 37.3 Å². The fourth-order valence-electron chi connectivity index (χ4n) is 4.04. The van der Waals surface area contributed by atoms with Crippen molar-refractivity contribution in [2.24, 2.45) is 0 Å². The summed E-state index contributed by atoms with van der Waals surface area (Å²) in [5.74, 6) is 1.00. The Balaban J connectivity index is 1.53. The quantitative estimate of drug-likeness (QED) is 0.301. The fourth-order valence-corrected chi connectivity index (χ4v) is 4.04. The molecule has 0 aliphatic carbocycles. The molecule has 34 heavy (non-hydrogen) atoms. The summed E-state index contributed by atoms with van der Waals surface area (Å²) < 4.78 is 9.09. The van der Waals surface area contributed by atoms with E-state index < -0.39 is 31.1 Å². The van der Waals surface area contributed by atoms with Crippen LogP contribution in [0.1, 0.15) is 25.1 Å². The van der Waals surface area contributed by atoms with Crippen LogP contribution in [0.2, 0.25) is 0 Å². The molecular formula is C23H27N7O4. The fraction of sp³-hybridized carbons (Fsp3) is 0.391. The van der Waals surface area contributed by atoms with Crippen LogP contribution in [0.4, 0.5) is 5.82 Å². The van der Waals surface area contributed by atoms with Gasteiger partial charge in [0.05, 0.1) is 31.2 Å². The molecule has 3 aromatic heterocycles. The van der Waals surface area contributed by atoms with E-state index in [1.165, 1.54) is 6.33 Å². The van der Waals surface area contributed by atoms with Gasteiger partial charge in [-0.05, 0) is 12.0 Å². The molecule has 4 heterocycles. The molecule has 5 rings (SSSR count). The average molecular weight is 466 g/mol. The number of anilines is 1. The monoisotopic (exact) mass is 465 g/mol. The van der Waals surface area contributed by atoms with Gasteiger partial charge in [0, 0.05) is 12.7 Å². The summed E-state index contributed by atoms with van der Waals surface area (Å²) in [5, 5.41) is 37.9. The van der Waals surface area contributed by atoms with E-state index in [2.05, 4.69) is 27.3 Å². The number of aromatic nitrogens is 6. The molecule has 0 spiro atoms. The number of fused-ring (bicyclic) bond motifs is 1. The van der Waals surface area contributed by atoms with Gasteiger partial charge in [0.2, 0.25) is 0 Å². The Morgan fingerprint density at radius 1 is 1.12 bits per heavy atom. The molecule has 4 N–H and O–H groups in total. The van der Waals surface area contributed by atoms with Gasteiger partial charge < -0.3 is 25.4 Å². The second-order valence-electron chi connectivity index (χ2n) is 8.29. The van der Waals surface area contributed by atoms with Crippen LogP contribution in [0, 0.1) is 0 Å². The van der Waals surface area contributed by atoms with Crippen LogP contribution in [0.3, 0.4) is 0 Å². The Morgan fingerprint density at radius 3 is 2.68 bits per heavy atom. The molecular weight excluding hydrogens is 438 g/mol. The second kappa shape index (κ2) is 9.47. The highest BCUT2D eigenvalue weighted by Crippen LogP contribution is 2.33. The first kappa shape index (κ1) is 22.4. The van der Waals surface area contributed by atoms with Crippen LogP contribution >= 0.6 is 0 Å². The highest BCUT2D eigenvalue weighted by molar-refractivity contribution is 5.85. The van der Waals surface area contributed by atoms with Crippen molar-refractivity contribution in [3.05, 3.63) is 54.6 Å². The van der Waals surface area contributed by atoms with Crippen molar-refractivity contribution >= 4 is 17.0 Å². The van der Waals surface area contributed by atoms with Crippen molar-refractivity contribution in [3.63, 3.8) is 0 Å². The second-order valence-corrected chi connectivity index (χ2v) is 8.29. The van der Waals surface area contributed by atoms with Gasteiger partial charge in [-0.3, -0.25) is 9.25 Å². The topological polar surface area (TPSA) is 143 Å². The maximum Gasteiger partial charge on any atom is 0.168 e. The van der Waals surface area contributed by atoms with Crippen molar-refractivity contribution in [1.29, 1.82) is 0 Å². The van der Waals surface area contributed by atoms with E-state index >= 15 is 0 Å². The van der Waals surface area contributed by atoms with E-state index in [0.29, 0.717) is 35.9 Å². The number of ether oxygens (including phenoxy) is 1. The minimum atomic E-state index is -1.24. The molecule has 1 unspecified atom stereocenters. The highest BCUT2D eigenvalue weighted by atomic mass is 16.6. The van der Waals surface area contributed by atoms with Crippen molar-refractivity contribution in [1.82, 2.24) is 29.3 Å². The molecule has 1 aliphatic heterocycles. The normalized spacial score (nSPS) is 22.5. The third-order valence-electron chi connectivity index (χ3n) is 5.83. The Hall–Kier alpha value is -3.38. The first-order chi connectivity index (χ1) is 16.6. The summed E-state index contributed by atoms with van der Waals surface area (Å²) in [5.41, 5.74) is 2.81. The zero-order chi connectivity index (χ0) is 23.7. The number of hydrogen-bond donors (Lipinski definition) is 4. The lowest BCUT2D eigenvalue weighted by molar-refractivity contribution is -0.0511. The molecule has 1 saturated heterocycles. The minimum Gasteiger partial charge on any atom is -0.394 e. The van der Waals surface area contributed by atoms with Gasteiger partial charge in [-0.25, -0.2) is 15.0 Å². The first-order valence-electron chi connectivity index (χ1n) is 11.3. The Labute approximate surface area is 195 Å². The average Bonchev–Trinajstić information content (AvgIpc) is 3.56. The molecule has 11 heteroatoms. The molecule has 4 aromatic rings. The molecule has 0 amide bonds. The Kier molecular flexibility index (Phi) is 6.24. The largest absolute Gasteiger partial charge is 0.394 e. The summed E-state index contributed by atoms with van der Waals surface area (Å²) in [7, 11) is 0. The zero-order valence-electron chi connectivity index (χ0n) is 18.7. The summed E-state index contributed by atoms with van der Waals surface area (Å²) in [4.78, 5) is 13.8. The molecule has 1 fully saturated rings. The van der Waals surface area contributed by atoms with Crippen LogP contribution in [-0.2, 0) is 11.3 Å². The lowest BCUT2D eigenvalue weighted by Gasteiger charge is -2.17. The van der Waals surface area contributed by atoms with Crippen LogP contribution in [0.15, 0.2) is 49.1 Å². The van der Waals surface area contributed by atoms with Gasteiger partial charge in [-0.15, -0.1) is 0 Å². The highest BCUT2D eigenvalue weighted by Gasteiger charge is 2.44. The SMILES string of the molecule is CCCNc1nc(-c2cnn(Cc3ccccc3)c2)nc2c1ncn2C1O[C@H](CO)[C@@H](O)[C@H]1O. The van der Waals surface area contributed by atoms with E-state index in [1.54, 1.807) is 10.8 Å². The summed E-state index contributed by atoms with van der Waals surface area (Å²) >= 11 is 0. The van der Waals surface area contributed by atoms with E-state index in [0.717, 1.165) is 17.5 Å². The van der Waals surface area contributed by atoms with E-state index in [9.17, 15) is 15.3 Å². The van der Waals surface area contributed by atoms with E-state index in [-0.39, 0.29) is 0 Å². The van der Waals surface area contributed by atoms with Gasteiger partial charge in [0.25, 0.3) is 0 Å². The molecule has 11 nitrogen and oxygen atoms in total. The zero-order valence-corrected chi connectivity index (χ0v) is 18.7. The van der Waals surface area contributed by atoms with Crippen molar-refractivity contribution in [2.75, 3.05) is 18.5 Å². The van der Waals surface area contributed by atoms with Gasteiger partial charge in [0.15, 0.2) is 29.0 Å². The number of rotatable bonds is 8. The molecule has 1 aromatic carbocycles. The van der Waals surface area contributed by atoms with Crippen molar-refractivity contribution in [2.45, 2.75) is 44.4 Å². The van der Waals surface area contributed by atoms with Crippen molar-refractivity contribution < 1.29 is 20.1 Å². The lowest BCUT2D eigenvalue weighted by atomic mass is 10.1. The van der Waals surface area contributed by atoms with Crippen LogP contribution < -0.4 is 5.32 Å². The smallest absolute Gasteiger partial charge is 0.168 e. The maximum atomic E-state index is 10.5. The van der Waals surface area contributed by atoms with Crippen LogP contribution in [-0.4, -0.2) is 76.1 Å². The van der Waals surface area contributed by atoms with Gasteiger partial charge >= 0.3 is 0 Å². The first-order valence-corrected chi connectivity index (χ1v) is 11.3. The number of nitrogens with one attached hydrogen (secondary N) is 1. The number of nitrogens with zero attached hydrogens (tertiary/aromatic N) is 6. The van der Waals surface area contributed by atoms with E-state index in [1.807, 2.05) is 41.2 Å². The molecule has 1 aliphatic rings. The predicted octanol–water partition coefficient (Wildman–Crippen LogP) is 1.17. The maximum absolute atomic E-state index is 10.5. The number of imidazole rings is 1. The Morgan fingerprint density at radius 2 is 1.94 bits per heavy atom. The molecule has 4 atom stereocenters. The third-order valence-corrected chi connectivity index (χ3v) is 5.83. The lowest BCUT2D eigenvalue weighted by Crippen LogP contribution is -2.33.